The Bertz CT molecular complexity index is 789. The van der Waals surface area contributed by atoms with Crippen LogP contribution in [0.5, 0.6) is 5.75 Å². The molecule has 3 heteroatoms. The number of fused-ring (bicyclic) bond motifs is 2. The maximum absolute atomic E-state index is 12.2. The first-order valence-electron chi connectivity index (χ1n) is 9.42. The van der Waals surface area contributed by atoms with Crippen molar-refractivity contribution in [3.63, 3.8) is 0 Å². The molecule has 0 radical (unpaired) electrons. The van der Waals surface area contributed by atoms with Gasteiger partial charge < -0.3 is 9.64 Å². The summed E-state index contributed by atoms with van der Waals surface area (Å²) >= 11 is 0. The van der Waals surface area contributed by atoms with Crippen LogP contribution in [-0.4, -0.2) is 31.0 Å². The van der Waals surface area contributed by atoms with Gasteiger partial charge in [0.25, 0.3) is 0 Å². The fourth-order valence-electron chi connectivity index (χ4n) is 3.24. The van der Waals surface area contributed by atoms with E-state index in [0.717, 1.165) is 32.4 Å². The minimum absolute atomic E-state index is 0.195. The second-order valence-electron chi connectivity index (χ2n) is 8.32. The van der Waals surface area contributed by atoms with Gasteiger partial charge in [0.05, 0.1) is 5.41 Å². The number of nitrogens with zero attached hydrogens (tertiary/aromatic N) is 1. The average Bonchev–Trinajstić information content (AvgIpc) is 2.59. The fourth-order valence-corrected chi connectivity index (χ4v) is 3.24. The van der Waals surface area contributed by atoms with Crippen LogP contribution in [0.15, 0.2) is 42.5 Å². The molecule has 0 bridgehead atoms. The molecule has 0 atom stereocenters. The standard InChI is InChI=1S/C23H29NO2/c1-23(2,3)22(25)26-21-10-9-19-15-18-8-6-5-7-17(18)11-13-24(4)14-12-20(19)16-21/h5-10,16H,11-15H2,1-4H3. The third-order valence-electron chi connectivity index (χ3n) is 5.03. The van der Waals surface area contributed by atoms with Gasteiger partial charge in [0.15, 0.2) is 0 Å². The molecule has 0 spiro atoms. The molecular weight excluding hydrogens is 322 g/mol. The normalized spacial score (nSPS) is 15.7. The van der Waals surface area contributed by atoms with Gasteiger partial charge in [-0.05, 0) is 81.5 Å². The molecule has 26 heavy (non-hydrogen) atoms. The number of hydrogen-bond acceptors (Lipinski definition) is 3. The first kappa shape index (κ1) is 18.7. The number of benzene rings is 2. The maximum atomic E-state index is 12.2. The maximum Gasteiger partial charge on any atom is 0.316 e. The lowest BCUT2D eigenvalue weighted by Crippen LogP contribution is -2.26. The molecule has 0 aromatic heterocycles. The second kappa shape index (κ2) is 7.63. The molecule has 0 saturated carbocycles. The van der Waals surface area contributed by atoms with E-state index in [0.29, 0.717) is 5.75 Å². The molecule has 1 heterocycles. The number of ether oxygens (including phenoxy) is 1. The molecule has 2 aromatic rings. The third-order valence-corrected chi connectivity index (χ3v) is 5.03. The molecule has 3 rings (SSSR count). The van der Waals surface area contributed by atoms with E-state index in [1.165, 1.54) is 22.3 Å². The molecule has 0 unspecified atom stereocenters. The van der Waals surface area contributed by atoms with E-state index in [9.17, 15) is 4.79 Å². The van der Waals surface area contributed by atoms with Crippen LogP contribution in [0.1, 0.15) is 43.0 Å². The van der Waals surface area contributed by atoms with Gasteiger partial charge in [-0.25, -0.2) is 0 Å². The summed E-state index contributed by atoms with van der Waals surface area (Å²) in [6.45, 7) is 7.70. The molecule has 1 aliphatic heterocycles. The molecule has 1 aliphatic rings. The first-order chi connectivity index (χ1) is 12.3. The molecule has 3 nitrogen and oxygen atoms in total. The van der Waals surface area contributed by atoms with Gasteiger partial charge >= 0.3 is 5.97 Å². The lowest BCUT2D eigenvalue weighted by atomic mass is 9.92. The van der Waals surface area contributed by atoms with Gasteiger partial charge in [-0.3, -0.25) is 4.79 Å². The highest BCUT2D eigenvalue weighted by molar-refractivity contribution is 5.77. The molecule has 0 aliphatic carbocycles. The van der Waals surface area contributed by atoms with Crippen LogP contribution < -0.4 is 4.74 Å². The number of rotatable bonds is 1. The largest absolute Gasteiger partial charge is 0.426 e. The van der Waals surface area contributed by atoms with Gasteiger partial charge in [0.2, 0.25) is 0 Å². The summed E-state index contributed by atoms with van der Waals surface area (Å²) in [5.74, 6) is 0.455. The highest BCUT2D eigenvalue weighted by Crippen LogP contribution is 2.26. The van der Waals surface area contributed by atoms with E-state index < -0.39 is 5.41 Å². The minimum Gasteiger partial charge on any atom is -0.426 e. The van der Waals surface area contributed by atoms with Crippen LogP contribution in [0.4, 0.5) is 0 Å². The topological polar surface area (TPSA) is 29.5 Å². The monoisotopic (exact) mass is 351 g/mol. The predicted octanol–water partition coefficient (Wildman–Crippen LogP) is 4.26. The first-order valence-corrected chi connectivity index (χ1v) is 9.42. The van der Waals surface area contributed by atoms with Crippen LogP contribution in [-0.2, 0) is 24.1 Å². The fraction of sp³-hybridized carbons (Fsp3) is 0.435. The lowest BCUT2D eigenvalue weighted by molar-refractivity contribution is -0.143. The summed E-state index contributed by atoms with van der Waals surface area (Å²) in [6, 6.07) is 14.8. The molecule has 0 N–H and O–H groups in total. The lowest BCUT2D eigenvalue weighted by Gasteiger charge is -2.22. The predicted molar refractivity (Wildman–Crippen MR) is 106 cm³/mol. The van der Waals surface area contributed by atoms with E-state index in [-0.39, 0.29) is 5.97 Å². The zero-order valence-corrected chi connectivity index (χ0v) is 16.3. The summed E-state index contributed by atoms with van der Waals surface area (Å²) in [6.07, 6.45) is 2.99. The van der Waals surface area contributed by atoms with E-state index in [1.807, 2.05) is 26.8 Å². The zero-order chi connectivity index (χ0) is 18.7. The highest BCUT2D eigenvalue weighted by Gasteiger charge is 2.24. The Hall–Kier alpha value is -2.13. The van der Waals surface area contributed by atoms with Crippen molar-refractivity contribution in [1.29, 1.82) is 0 Å². The second-order valence-corrected chi connectivity index (χ2v) is 8.32. The zero-order valence-electron chi connectivity index (χ0n) is 16.3. The van der Waals surface area contributed by atoms with Crippen molar-refractivity contribution in [3.05, 3.63) is 64.7 Å². The smallest absolute Gasteiger partial charge is 0.316 e. The van der Waals surface area contributed by atoms with Crippen molar-refractivity contribution in [1.82, 2.24) is 4.90 Å². The number of carbonyl (C=O) groups excluding carboxylic acids is 1. The van der Waals surface area contributed by atoms with E-state index in [2.05, 4.69) is 48.3 Å². The third kappa shape index (κ3) is 4.53. The van der Waals surface area contributed by atoms with E-state index in [4.69, 9.17) is 4.74 Å². The van der Waals surface area contributed by atoms with E-state index in [1.54, 1.807) is 0 Å². The Balaban J connectivity index is 1.92. The molecule has 0 saturated heterocycles. The molecule has 0 amide bonds. The average molecular weight is 351 g/mol. The summed E-state index contributed by atoms with van der Waals surface area (Å²) in [5.41, 5.74) is 4.91. The minimum atomic E-state index is -0.501. The SMILES string of the molecule is CN1CCc2ccccc2Cc2ccc(OC(=O)C(C)(C)C)cc2CC1. The number of hydrogen-bond donors (Lipinski definition) is 0. The quantitative estimate of drug-likeness (QED) is 0.568. The molecule has 138 valence electrons. The number of carbonyl (C=O) groups is 1. The Morgan fingerprint density at radius 1 is 0.923 bits per heavy atom. The van der Waals surface area contributed by atoms with Crippen LogP contribution in [0.3, 0.4) is 0 Å². The highest BCUT2D eigenvalue weighted by atomic mass is 16.5. The van der Waals surface area contributed by atoms with Crippen molar-refractivity contribution in [2.75, 3.05) is 20.1 Å². The van der Waals surface area contributed by atoms with Gasteiger partial charge in [0, 0.05) is 13.1 Å². The van der Waals surface area contributed by atoms with Crippen molar-refractivity contribution in [3.8, 4) is 5.75 Å². The molecular formula is C23H29NO2. The van der Waals surface area contributed by atoms with Crippen molar-refractivity contribution >= 4 is 5.97 Å². The Kier molecular flexibility index (Phi) is 5.47. The van der Waals surface area contributed by atoms with Crippen LogP contribution in [0.25, 0.3) is 0 Å². The summed E-state index contributed by atoms with van der Waals surface area (Å²) in [5, 5.41) is 0. The van der Waals surface area contributed by atoms with Crippen LogP contribution in [0.2, 0.25) is 0 Å². The van der Waals surface area contributed by atoms with Crippen molar-refractivity contribution < 1.29 is 9.53 Å². The van der Waals surface area contributed by atoms with Gasteiger partial charge in [-0.1, -0.05) is 30.3 Å². The van der Waals surface area contributed by atoms with Gasteiger partial charge in [-0.15, -0.1) is 0 Å². The number of esters is 1. The number of likely N-dealkylation sites (N-methyl/N-ethyl adjacent to an activating group) is 1. The molecule has 0 fully saturated rings. The summed E-state index contributed by atoms with van der Waals surface area (Å²) < 4.78 is 5.62. The Morgan fingerprint density at radius 3 is 2.23 bits per heavy atom. The van der Waals surface area contributed by atoms with E-state index >= 15 is 0 Å². The van der Waals surface area contributed by atoms with Gasteiger partial charge in [0.1, 0.15) is 5.75 Å². The van der Waals surface area contributed by atoms with Crippen LogP contribution in [0, 0.1) is 5.41 Å². The summed E-state index contributed by atoms with van der Waals surface area (Å²) in [4.78, 5) is 14.6. The van der Waals surface area contributed by atoms with Gasteiger partial charge in [-0.2, -0.15) is 0 Å². The Labute approximate surface area is 157 Å². The summed E-state index contributed by atoms with van der Waals surface area (Å²) in [7, 11) is 2.17. The van der Waals surface area contributed by atoms with Crippen LogP contribution >= 0.6 is 0 Å². The Morgan fingerprint density at radius 2 is 1.54 bits per heavy atom. The van der Waals surface area contributed by atoms with Crippen molar-refractivity contribution in [2.24, 2.45) is 5.41 Å². The van der Waals surface area contributed by atoms with Crippen molar-refractivity contribution in [2.45, 2.75) is 40.0 Å². The molecule has 2 aromatic carbocycles.